The predicted molar refractivity (Wildman–Crippen MR) is 95.7 cm³/mol. The second kappa shape index (κ2) is 7.78. The van der Waals surface area contributed by atoms with E-state index in [1.54, 1.807) is 25.1 Å². The van der Waals surface area contributed by atoms with Crippen molar-refractivity contribution in [3.63, 3.8) is 0 Å². The highest BCUT2D eigenvalue weighted by molar-refractivity contribution is 6.32. The van der Waals surface area contributed by atoms with Crippen LogP contribution >= 0.6 is 11.6 Å². The van der Waals surface area contributed by atoms with Crippen LogP contribution in [-0.4, -0.2) is 31.3 Å². The number of rotatable bonds is 4. The molecule has 0 aliphatic heterocycles. The van der Waals surface area contributed by atoms with Gasteiger partial charge in [-0.2, -0.15) is 4.68 Å². The van der Waals surface area contributed by atoms with Crippen LogP contribution in [0, 0.1) is 12.8 Å². The summed E-state index contributed by atoms with van der Waals surface area (Å²) in [4.78, 5) is 11.8. The fourth-order valence-corrected chi connectivity index (χ4v) is 3.57. The number of tetrazole rings is 1. The predicted octanol–water partition coefficient (Wildman–Crippen LogP) is 4.06. The average Bonchev–Trinajstić information content (AvgIpc) is 2.84. The van der Waals surface area contributed by atoms with Crippen LogP contribution in [0.3, 0.4) is 0 Å². The summed E-state index contributed by atoms with van der Waals surface area (Å²) in [6.45, 7) is 1.78. The molecule has 1 aromatic heterocycles. The Morgan fingerprint density at radius 2 is 2.00 bits per heavy atom. The molecule has 1 N–H and O–H groups in total. The minimum atomic E-state index is -0.924. The van der Waals surface area contributed by atoms with Gasteiger partial charge < -0.3 is 5.11 Å². The number of hydrogen-bond acceptors (Lipinski definition) is 4. The molecule has 1 fully saturated rings. The van der Waals surface area contributed by atoms with Crippen LogP contribution < -0.4 is 0 Å². The molecule has 1 saturated carbocycles. The van der Waals surface area contributed by atoms with Crippen LogP contribution in [0.5, 0.6) is 0 Å². The molecule has 3 rings (SSSR count). The van der Waals surface area contributed by atoms with Crippen LogP contribution in [0.4, 0.5) is 0 Å². The number of aliphatic carboxylic acids is 1. The van der Waals surface area contributed by atoms with Gasteiger partial charge in [-0.1, -0.05) is 49.4 Å². The molecule has 0 atom stereocenters. The van der Waals surface area contributed by atoms with E-state index in [4.69, 9.17) is 11.6 Å². The SMILES string of the molecule is Cc1nnnn1-c1ccc(/C(=C\C2CCCCCC2)C(=O)O)cc1Cl. The lowest BCUT2D eigenvalue weighted by molar-refractivity contribution is -0.130. The van der Waals surface area contributed by atoms with E-state index in [2.05, 4.69) is 15.5 Å². The maximum absolute atomic E-state index is 11.8. The van der Waals surface area contributed by atoms with E-state index in [0.717, 1.165) is 25.7 Å². The Hall–Kier alpha value is -2.21. The van der Waals surface area contributed by atoms with Crippen molar-refractivity contribution < 1.29 is 9.90 Å². The molecule has 0 saturated heterocycles. The largest absolute Gasteiger partial charge is 0.478 e. The molecule has 6 nitrogen and oxygen atoms in total. The molecule has 1 aliphatic rings. The third kappa shape index (κ3) is 4.07. The average molecular weight is 361 g/mol. The number of carboxylic acid groups (broad SMARTS) is 1. The fraction of sp³-hybridized carbons (Fsp3) is 0.444. The third-order valence-electron chi connectivity index (χ3n) is 4.64. The van der Waals surface area contributed by atoms with Gasteiger partial charge in [0.2, 0.25) is 0 Å². The zero-order valence-corrected chi connectivity index (χ0v) is 14.9. The topological polar surface area (TPSA) is 80.9 Å². The lowest BCUT2D eigenvalue weighted by atomic mass is 9.94. The molecule has 0 amide bonds. The third-order valence-corrected chi connectivity index (χ3v) is 4.95. The molecule has 0 unspecified atom stereocenters. The summed E-state index contributed by atoms with van der Waals surface area (Å²) in [6.07, 6.45) is 8.79. The van der Waals surface area contributed by atoms with E-state index in [9.17, 15) is 9.90 Å². The van der Waals surface area contributed by atoms with Gasteiger partial charge >= 0.3 is 5.97 Å². The molecule has 1 heterocycles. The molecule has 0 radical (unpaired) electrons. The summed E-state index contributed by atoms with van der Waals surface area (Å²) in [5, 5.41) is 21.4. The maximum atomic E-state index is 11.8. The summed E-state index contributed by atoms with van der Waals surface area (Å²) in [5.74, 6) is 0.00239. The molecular formula is C18H21ClN4O2. The van der Waals surface area contributed by atoms with E-state index in [0.29, 0.717) is 33.6 Å². The first-order valence-electron chi connectivity index (χ1n) is 8.56. The van der Waals surface area contributed by atoms with Crippen molar-refractivity contribution in [2.75, 3.05) is 0 Å². The summed E-state index contributed by atoms with van der Waals surface area (Å²) in [7, 11) is 0. The Morgan fingerprint density at radius 1 is 1.28 bits per heavy atom. The van der Waals surface area contributed by atoms with Crippen molar-refractivity contribution in [1.82, 2.24) is 20.2 Å². The lowest BCUT2D eigenvalue weighted by Gasteiger charge is -2.12. The summed E-state index contributed by atoms with van der Waals surface area (Å²) in [6, 6.07) is 5.19. The van der Waals surface area contributed by atoms with Crippen molar-refractivity contribution in [2.24, 2.45) is 5.92 Å². The Kier molecular flexibility index (Phi) is 5.48. The first kappa shape index (κ1) is 17.6. The van der Waals surface area contributed by atoms with E-state index in [1.807, 2.05) is 6.08 Å². The molecule has 1 aliphatic carbocycles. The first-order chi connectivity index (χ1) is 12.1. The highest BCUT2D eigenvalue weighted by Gasteiger charge is 2.18. The molecule has 0 bridgehead atoms. The highest BCUT2D eigenvalue weighted by atomic mass is 35.5. The van der Waals surface area contributed by atoms with Crippen molar-refractivity contribution in [3.05, 3.63) is 40.7 Å². The number of hydrogen-bond donors (Lipinski definition) is 1. The Morgan fingerprint density at radius 3 is 2.56 bits per heavy atom. The van der Waals surface area contributed by atoms with E-state index >= 15 is 0 Å². The zero-order chi connectivity index (χ0) is 17.8. The smallest absolute Gasteiger partial charge is 0.335 e. The van der Waals surface area contributed by atoms with E-state index in [-0.39, 0.29) is 0 Å². The van der Waals surface area contributed by atoms with Crippen molar-refractivity contribution in [1.29, 1.82) is 0 Å². The Balaban J connectivity index is 1.93. The molecule has 0 spiro atoms. The van der Waals surface area contributed by atoms with Gasteiger partial charge in [0.1, 0.15) is 0 Å². The van der Waals surface area contributed by atoms with Gasteiger partial charge in [0.05, 0.1) is 16.3 Å². The molecular weight excluding hydrogens is 340 g/mol. The minimum Gasteiger partial charge on any atom is -0.478 e. The summed E-state index contributed by atoms with van der Waals surface area (Å²) in [5.41, 5.74) is 1.55. The van der Waals surface area contributed by atoms with Crippen molar-refractivity contribution in [2.45, 2.75) is 45.4 Å². The number of carboxylic acids is 1. The number of aromatic nitrogens is 4. The number of allylic oxidation sites excluding steroid dienone is 1. The summed E-state index contributed by atoms with van der Waals surface area (Å²) >= 11 is 6.37. The van der Waals surface area contributed by atoms with Crippen LogP contribution in [0.25, 0.3) is 11.3 Å². The number of aryl methyl sites for hydroxylation is 1. The number of nitrogens with zero attached hydrogens (tertiary/aromatic N) is 4. The quantitative estimate of drug-likeness (QED) is 0.656. The van der Waals surface area contributed by atoms with Gasteiger partial charge in [-0.3, -0.25) is 0 Å². The number of halogens is 1. The van der Waals surface area contributed by atoms with Crippen LogP contribution in [-0.2, 0) is 4.79 Å². The van der Waals surface area contributed by atoms with Gasteiger partial charge in [0, 0.05) is 0 Å². The van der Waals surface area contributed by atoms with Crippen LogP contribution in [0.1, 0.15) is 49.9 Å². The molecule has 25 heavy (non-hydrogen) atoms. The minimum absolute atomic E-state index is 0.314. The number of carbonyl (C=O) groups is 1. The normalized spacial score (nSPS) is 16.6. The molecule has 1 aromatic carbocycles. The number of benzene rings is 1. The van der Waals surface area contributed by atoms with Gasteiger partial charge in [-0.05, 0) is 53.8 Å². The molecule has 7 heteroatoms. The second-order valence-corrected chi connectivity index (χ2v) is 6.85. The van der Waals surface area contributed by atoms with Gasteiger partial charge in [0.25, 0.3) is 0 Å². The molecule has 132 valence electrons. The van der Waals surface area contributed by atoms with Gasteiger partial charge in [-0.25, -0.2) is 4.79 Å². The highest BCUT2D eigenvalue weighted by Crippen LogP contribution is 2.30. The zero-order valence-electron chi connectivity index (χ0n) is 14.2. The maximum Gasteiger partial charge on any atom is 0.335 e. The van der Waals surface area contributed by atoms with Crippen molar-refractivity contribution >= 4 is 23.1 Å². The standard InChI is InChI=1S/C18H21ClN4O2/c1-12-20-21-22-23(12)17-9-8-14(11-16(17)19)15(18(24)25)10-13-6-4-2-3-5-7-13/h8-11,13H,2-7H2,1H3,(H,24,25)/b15-10+. The van der Waals surface area contributed by atoms with Gasteiger partial charge in [-0.15, -0.1) is 5.10 Å². The van der Waals surface area contributed by atoms with Crippen molar-refractivity contribution in [3.8, 4) is 5.69 Å². The fourth-order valence-electron chi connectivity index (χ4n) is 3.30. The second-order valence-electron chi connectivity index (χ2n) is 6.44. The first-order valence-corrected chi connectivity index (χ1v) is 8.94. The van der Waals surface area contributed by atoms with E-state index in [1.165, 1.54) is 17.5 Å². The Labute approximate surface area is 151 Å². The van der Waals surface area contributed by atoms with Crippen LogP contribution in [0.2, 0.25) is 5.02 Å². The monoisotopic (exact) mass is 360 g/mol. The molecule has 2 aromatic rings. The van der Waals surface area contributed by atoms with E-state index < -0.39 is 5.97 Å². The van der Waals surface area contributed by atoms with Gasteiger partial charge in [0.15, 0.2) is 5.82 Å². The summed E-state index contributed by atoms with van der Waals surface area (Å²) < 4.78 is 1.53. The lowest BCUT2D eigenvalue weighted by Crippen LogP contribution is -2.05. The van der Waals surface area contributed by atoms with Crippen LogP contribution in [0.15, 0.2) is 24.3 Å². The Bertz CT molecular complexity index is 792.